The van der Waals surface area contributed by atoms with Gasteiger partial charge >= 0.3 is 0 Å². The number of anilines is 1. The van der Waals surface area contributed by atoms with E-state index in [1.165, 1.54) is 0 Å². The van der Waals surface area contributed by atoms with Crippen molar-refractivity contribution in [2.24, 2.45) is 0 Å². The first-order valence-electron chi connectivity index (χ1n) is 7.40. The van der Waals surface area contributed by atoms with Crippen molar-refractivity contribution in [1.82, 2.24) is 10.1 Å². The first-order chi connectivity index (χ1) is 10.6. The highest BCUT2D eigenvalue weighted by atomic mass is 16.5. The molecule has 1 amide bonds. The molecular weight excluding hydrogens is 282 g/mol. The van der Waals surface area contributed by atoms with Gasteiger partial charge in [-0.25, -0.2) is 0 Å². The predicted molar refractivity (Wildman–Crippen MR) is 82.3 cm³/mol. The number of carbonyl (C=O) groups excluding carboxylic acids is 1. The van der Waals surface area contributed by atoms with Gasteiger partial charge < -0.3 is 14.9 Å². The monoisotopic (exact) mass is 303 g/mol. The minimum atomic E-state index is -0.0707. The topological polar surface area (TPSA) is 88.2 Å². The fraction of sp³-hybridized carbons (Fsp3) is 0.438. The summed E-state index contributed by atoms with van der Waals surface area (Å²) in [6, 6.07) is 7.15. The quantitative estimate of drug-likeness (QED) is 0.821. The zero-order valence-electron chi connectivity index (χ0n) is 12.9. The van der Waals surface area contributed by atoms with Crippen LogP contribution in [-0.4, -0.2) is 21.2 Å². The molecule has 0 bridgehead atoms. The molecule has 1 aromatic heterocycles. The van der Waals surface area contributed by atoms with Crippen LogP contribution in [0.1, 0.15) is 49.9 Å². The lowest BCUT2D eigenvalue weighted by atomic mass is 10.2. The number of nitrogens with one attached hydrogen (secondary N) is 1. The Morgan fingerprint density at radius 3 is 2.91 bits per heavy atom. The van der Waals surface area contributed by atoms with Crippen LogP contribution in [-0.2, 0) is 17.8 Å². The number of nitrogens with zero attached hydrogens (tertiary/aromatic N) is 2. The van der Waals surface area contributed by atoms with E-state index < -0.39 is 0 Å². The summed E-state index contributed by atoms with van der Waals surface area (Å²) in [4.78, 5) is 16.2. The lowest BCUT2D eigenvalue weighted by Crippen LogP contribution is -2.11. The van der Waals surface area contributed by atoms with Crippen LogP contribution >= 0.6 is 0 Å². The number of aromatic nitrogens is 2. The smallest absolute Gasteiger partial charge is 0.226 e. The van der Waals surface area contributed by atoms with Crippen molar-refractivity contribution in [1.29, 1.82) is 0 Å². The number of hydrogen-bond acceptors (Lipinski definition) is 5. The maximum absolute atomic E-state index is 11.9. The molecule has 6 heteroatoms. The van der Waals surface area contributed by atoms with Gasteiger partial charge in [0.2, 0.25) is 11.8 Å². The van der Waals surface area contributed by atoms with Crippen molar-refractivity contribution in [3.05, 3.63) is 41.5 Å². The number of carbonyl (C=O) groups is 1. The molecule has 118 valence electrons. The maximum atomic E-state index is 11.9. The number of benzene rings is 1. The normalized spacial score (nSPS) is 10.9. The summed E-state index contributed by atoms with van der Waals surface area (Å²) in [6.07, 6.45) is 1.61. The maximum Gasteiger partial charge on any atom is 0.226 e. The summed E-state index contributed by atoms with van der Waals surface area (Å²) < 4.78 is 5.14. The molecule has 1 aromatic carbocycles. The zero-order chi connectivity index (χ0) is 15.9. The summed E-state index contributed by atoms with van der Waals surface area (Å²) in [5, 5.41) is 15.8. The molecule has 2 aromatic rings. The minimum Gasteiger partial charge on any atom is -0.392 e. The van der Waals surface area contributed by atoms with Crippen molar-refractivity contribution in [3.63, 3.8) is 0 Å². The van der Waals surface area contributed by atoms with E-state index in [0.29, 0.717) is 36.7 Å². The Morgan fingerprint density at radius 1 is 1.41 bits per heavy atom. The first kappa shape index (κ1) is 16.2. The van der Waals surface area contributed by atoms with Gasteiger partial charge in [-0.3, -0.25) is 4.79 Å². The standard InChI is InChI=1S/C16H21N3O3/c1-11(2)16-18-15(22-19-16)8-4-7-14(21)17-13-6-3-5-12(9-13)10-20/h3,5-6,9,11,20H,4,7-8,10H2,1-2H3,(H,17,21). The van der Waals surface area contributed by atoms with Crippen LogP contribution in [0.15, 0.2) is 28.8 Å². The van der Waals surface area contributed by atoms with Gasteiger partial charge in [0.1, 0.15) is 0 Å². The van der Waals surface area contributed by atoms with E-state index in [2.05, 4.69) is 15.5 Å². The van der Waals surface area contributed by atoms with E-state index in [4.69, 9.17) is 9.63 Å². The number of aliphatic hydroxyl groups excluding tert-OH is 1. The predicted octanol–water partition coefficient (Wildman–Crippen LogP) is 2.65. The van der Waals surface area contributed by atoms with Crippen molar-refractivity contribution in [2.45, 2.75) is 45.6 Å². The van der Waals surface area contributed by atoms with Gasteiger partial charge in [-0.1, -0.05) is 31.1 Å². The van der Waals surface area contributed by atoms with Crippen molar-refractivity contribution in [3.8, 4) is 0 Å². The van der Waals surface area contributed by atoms with Crippen LogP contribution in [0.4, 0.5) is 5.69 Å². The second kappa shape index (κ2) is 7.70. The third-order valence-electron chi connectivity index (χ3n) is 3.19. The third kappa shape index (κ3) is 4.66. The van der Waals surface area contributed by atoms with Crippen LogP contribution in [0, 0.1) is 0 Å². The SMILES string of the molecule is CC(C)c1noc(CCCC(=O)Nc2cccc(CO)c2)n1. The number of hydrogen-bond donors (Lipinski definition) is 2. The molecular formula is C16H21N3O3. The van der Waals surface area contributed by atoms with Crippen LogP contribution < -0.4 is 5.32 Å². The lowest BCUT2D eigenvalue weighted by molar-refractivity contribution is -0.116. The highest BCUT2D eigenvalue weighted by molar-refractivity contribution is 5.90. The second-order valence-electron chi connectivity index (χ2n) is 5.46. The number of rotatable bonds is 7. The highest BCUT2D eigenvalue weighted by Gasteiger charge is 2.10. The molecule has 22 heavy (non-hydrogen) atoms. The molecule has 0 saturated heterocycles. The van der Waals surface area contributed by atoms with Crippen LogP contribution in [0.5, 0.6) is 0 Å². The van der Waals surface area contributed by atoms with Gasteiger partial charge in [-0.2, -0.15) is 4.98 Å². The van der Waals surface area contributed by atoms with Crippen LogP contribution in [0.3, 0.4) is 0 Å². The summed E-state index contributed by atoms with van der Waals surface area (Å²) >= 11 is 0. The van der Waals surface area contributed by atoms with E-state index in [9.17, 15) is 4.79 Å². The summed E-state index contributed by atoms with van der Waals surface area (Å²) in [5.41, 5.74) is 1.46. The van der Waals surface area contributed by atoms with Crippen molar-refractivity contribution in [2.75, 3.05) is 5.32 Å². The third-order valence-corrected chi connectivity index (χ3v) is 3.19. The molecule has 0 aliphatic rings. The van der Waals surface area contributed by atoms with Gasteiger partial charge in [0.15, 0.2) is 5.82 Å². The van der Waals surface area contributed by atoms with E-state index in [-0.39, 0.29) is 18.4 Å². The Labute approximate surface area is 129 Å². The number of amides is 1. The van der Waals surface area contributed by atoms with Crippen LogP contribution in [0.25, 0.3) is 0 Å². The Kier molecular flexibility index (Phi) is 5.66. The Hall–Kier alpha value is -2.21. The summed E-state index contributed by atoms with van der Waals surface area (Å²) in [7, 11) is 0. The summed E-state index contributed by atoms with van der Waals surface area (Å²) in [6.45, 7) is 3.96. The molecule has 0 aliphatic heterocycles. The molecule has 1 heterocycles. The molecule has 6 nitrogen and oxygen atoms in total. The molecule has 2 rings (SSSR count). The van der Waals surface area contributed by atoms with E-state index >= 15 is 0 Å². The molecule has 0 unspecified atom stereocenters. The molecule has 0 radical (unpaired) electrons. The zero-order valence-corrected chi connectivity index (χ0v) is 12.9. The molecule has 2 N–H and O–H groups in total. The van der Waals surface area contributed by atoms with E-state index in [1.54, 1.807) is 24.3 Å². The van der Waals surface area contributed by atoms with Gasteiger partial charge in [-0.05, 0) is 24.1 Å². The average Bonchev–Trinajstić information content (AvgIpc) is 2.96. The fourth-order valence-electron chi connectivity index (χ4n) is 1.98. The van der Waals surface area contributed by atoms with E-state index in [1.807, 2.05) is 13.8 Å². The van der Waals surface area contributed by atoms with E-state index in [0.717, 1.165) is 5.56 Å². The van der Waals surface area contributed by atoms with Crippen molar-refractivity contribution < 1.29 is 14.4 Å². The Morgan fingerprint density at radius 2 is 2.23 bits per heavy atom. The molecule has 0 atom stereocenters. The molecule has 0 aliphatic carbocycles. The van der Waals surface area contributed by atoms with Gasteiger partial charge in [-0.15, -0.1) is 0 Å². The first-order valence-corrected chi connectivity index (χ1v) is 7.40. The molecule has 0 fully saturated rings. The van der Waals surface area contributed by atoms with Gasteiger partial charge in [0.25, 0.3) is 0 Å². The highest BCUT2D eigenvalue weighted by Crippen LogP contribution is 2.13. The minimum absolute atomic E-state index is 0.0426. The Balaban J connectivity index is 1.77. The lowest BCUT2D eigenvalue weighted by Gasteiger charge is -2.05. The number of aryl methyl sites for hydroxylation is 1. The van der Waals surface area contributed by atoms with Gasteiger partial charge in [0, 0.05) is 24.4 Å². The van der Waals surface area contributed by atoms with Crippen molar-refractivity contribution >= 4 is 11.6 Å². The van der Waals surface area contributed by atoms with Gasteiger partial charge in [0.05, 0.1) is 6.61 Å². The molecule has 0 saturated carbocycles. The largest absolute Gasteiger partial charge is 0.392 e. The second-order valence-corrected chi connectivity index (χ2v) is 5.46. The number of aliphatic hydroxyl groups is 1. The fourth-order valence-corrected chi connectivity index (χ4v) is 1.98. The Bertz CT molecular complexity index is 623. The van der Waals surface area contributed by atoms with Crippen LogP contribution in [0.2, 0.25) is 0 Å². The summed E-state index contributed by atoms with van der Waals surface area (Å²) in [5.74, 6) is 1.43. The average molecular weight is 303 g/mol. The molecule has 0 spiro atoms.